The van der Waals surface area contributed by atoms with Gasteiger partial charge in [0.25, 0.3) is 0 Å². The molecule has 0 aromatic heterocycles. The Morgan fingerprint density at radius 1 is 1.40 bits per heavy atom. The summed E-state index contributed by atoms with van der Waals surface area (Å²) in [6.07, 6.45) is 5.68. The SMILES string of the molecule is C=CCCCC(CSC(C)(C)C)NCC. The first kappa shape index (κ1) is 15.0. The van der Waals surface area contributed by atoms with Gasteiger partial charge in [0.2, 0.25) is 0 Å². The first-order valence-corrected chi connectivity index (χ1v) is 6.96. The monoisotopic (exact) mass is 229 g/mol. The summed E-state index contributed by atoms with van der Waals surface area (Å²) in [4.78, 5) is 0. The largest absolute Gasteiger partial charge is 0.313 e. The van der Waals surface area contributed by atoms with E-state index in [4.69, 9.17) is 0 Å². The fourth-order valence-corrected chi connectivity index (χ4v) is 2.38. The Hall–Kier alpha value is 0.0500. The Balaban J connectivity index is 3.77. The van der Waals surface area contributed by atoms with E-state index in [2.05, 4.69) is 51.4 Å². The Morgan fingerprint density at radius 2 is 2.07 bits per heavy atom. The summed E-state index contributed by atoms with van der Waals surface area (Å²) in [5.41, 5.74) is 0. The minimum Gasteiger partial charge on any atom is -0.313 e. The average molecular weight is 229 g/mol. The molecule has 90 valence electrons. The number of rotatable bonds is 8. The van der Waals surface area contributed by atoms with E-state index in [1.807, 2.05) is 6.08 Å². The van der Waals surface area contributed by atoms with Crippen molar-refractivity contribution in [1.29, 1.82) is 0 Å². The van der Waals surface area contributed by atoms with E-state index in [1.165, 1.54) is 18.6 Å². The Labute approximate surface area is 100 Å². The van der Waals surface area contributed by atoms with Gasteiger partial charge in [0, 0.05) is 16.5 Å². The second kappa shape index (κ2) is 8.23. The van der Waals surface area contributed by atoms with Crippen molar-refractivity contribution < 1.29 is 0 Å². The number of hydrogen-bond donors (Lipinski definition) is 1. The summed E-state index contributed by atoms with van der Waals surface area (Å²) in [7, 11) is 0. The van der Waals surface area contributed by atoms with E-state index in [1.54, 1.807) is 0 Å². The quantitative estimate of drug-likeness (QED) is 0.501. The summed E-state index contributed by atoms with van der Waals surface area (Å²) < 4.78 is 0.381. The van der Waals surface area contributed by atoms with E-state index >= 15 is 0 Å². The second-order valence-electron chi connectivity index (χ2n) is 4.90. The molecule has 0 spiro atoms. The van der Waals surface area contributed by atoms with Crippen LogP contribution < -0.4 is 5.32 Å². The van der Waals surface area contributed by atoms with Crippen molar-refractivity contribution in [2.45, 2.75) is 57.7 Å². The lowest BCUT2D eigenvalue weighted by molar-refractivity contribution is 0.520. The first-order chi connectivity index (χ1) is 6.99. The molecule has 0 radical (unpaired) electrons. The molecule has 1 atom stereocenters. The number of nitrogens with one attached hydrogen (secondary N) is 1. The smallest absolute Gasteiger partial charge is 0.0158 e. The molecule has 0 aliphatic heterocycles. The van der Waals surface area contributed by atoms with E-state index in [-0.39, 0.29) is 0 Å². The van der Waals surface area contributed by atoms with Gasteiger partial charge in [-0.15, -0.1) is 6.58 Å². The van der Waals surface area contributed by atoms with E-state index in [9.17, 15) is 0 Å². The summed E-state index contributed by atoms with van der Waals surface area (Å²) in [5, 5.41) is 3.56. The zero-order valence-corrected chi connectivity index (χ0v) is 11.6. The summed E-state index contributed by atoms with van der Waals surface area (Å²) in [6, 6.07) is 0.666. The van der Waals surface area contributed by atoms with Gasteiger partial charge in [-0.3, -0.25) is 0 Å². The van der Waals surface area contributed by atoms with Crippen molar-refractivity contribution in [2.75, 3.05) is 12.3 Å². The lowest BCUT2D eigenvalue weighted by Crippen LogP contribution is -2.32. The topological polar surface area (TPSA) is 12.0 Å². The van der Waals surface area contributed by atoms with E-state index in [0.29, 0.717) is 10.8 Å². The lowest BCUT2D eigenvalue weighted by atomic mass is 10.1. The lowest BCUT2D eigenvalue weighted by Gasteiger charge is -2.23. The highest BCUT2D eigenvalue weighted by Gasteiger charge is 2.14. The van der Waals surface area contributed by atoms with Gasteiger partial charge in [-0.2, -0.15) is 11.8 Å². The Kier molecular flexibility index (Phi) is 8.26. The molecule has 0 bridgehead atoms. The van der Waals surface area contributed by atoms with Crippen LogP contribution in [0.2, 0.25) is 0 Å². The molecule has 0 aliphatic rings. The highest BCUT2D eigenvalue weighted by atomic mass is 32.2. The van der Waals surface area contributed by atoms with Crippen LogP contribution in [0.15, 0.2) is 12.7 Å². The number of allylic oxidation sites excluding steroid dienone is 1. The third-order valence-corrected chi connectivity index (χ3v) is 3.61. The molecule has 2 heteroatoms. The zero-order chi connectivity index (χ0) is 11.7. The van der Waals surface area contributed by atoms with Crippen molar-refractivity contribution in [2.24, 2.45) is 0 Å². The van der Waals surface area contributed by atoms with Crippen LogP contribution >= 0.6 is 11.8 Å². The average Bonchev–Trinajstić information content (AvgIpc) is 2.13. The molecule has 0 aromatic rings. The van der Waals surface area contributed by atoms with Gasteiger partial charge in [-0.1, -0.05) is 33.8 Å². The van der Waals surface area contributed by atoms with Crippen LogP contribution in [0, 0.1) is 0 Å². The molecule has 0 amide bonds. The van der Waals surface area contributed by atoms with E-state index in [0.717, 1.165) is 13.0 Å². The molecule has 0 saturated carbocycles. The highest BCUT2D eigenvalue weighted by molar-refractivity contribution is 8.00. The van der Waals surface area contributed by atoms with Crippen LogP contribution in [0.3, 0.4) is 0 Å². The molecule has 1 N–H and O–H groups in total. The number of unbranched alkanes of at least 4 members (excludes halogenated alkanes) is 1. The van der Waals surface area contributed by atoms with Gasteiger partial charge in [0.15, 0.2) is 0 Å². The third-order valence-electron chi connectivity index (χ3n) is 2.17. The van der Waals surface area contributed by atoms with Crippen molar-refractivity contribution in [3.63, 3.8) is 0 Å². The predicted molar refractivity (Wildman–Crippen MR) is 73.7 cm³/mol. The van der Waals surface area contributed by atoms with E-state index < -0.39 is 0 Å². The molecule has 0 heterocycles. The standard InChI is InChI=1S/C13H27NS/c1-6-8-9-10-12(14-7-2)11-15-13(3,4)5/h6,12,14H,1,7-11H2,2-5H3. The van der Waals surface area contributed by atoms with Gasteiger partial charge in [0.05, 0.1) is 0 Å². The molecular weight excluding hydrogens is 202 g/mol. The summed E-state index contributed by atoms with van der Waals surface area (Å²) in [6.45, 7) is 13.9. The first-order valence-electron chi connectivity index (χ1n) is 5.98. The van der Waals surface area contributed by atoms with Gasteiger partial charge in [-0.05, 0) is 25.8 Å². The predicted octanol–water partition coefficient (Wildman–Crippen LogP) is 3.85. The normalized spacial score (nSPS) is 13.9. The molecule has 1 nitrogen and oxygen atoms in total. The molecule has 1 unspecified atom stereocenters. The minimum atomic E-state index is 0.381. The van der Waals surface area contributed by atoms with Gasteiger partial charge in [-0.25, -0.2) is 0 Å². The van der Waals surface area contributed by atoms with Crippen molar-refractivity contribution in [3.8, 4) is 0 Å². The molecular formula is C13H27NS. The van der Waals surface area contributed by atoms with Crippen LogP contribution in [0.1, 0.15) is 47.0 Å². The molecule has 0 rings (SSSR count). The second-order valence-corrected chi connectivity index (χ2v) is 6.74. The fourth-order valence-electron chi connectivity index (χ4n) is 1.39. The van der Waals surface area contributed by atoms with Crippen molar-refractivity contribution in [1.82, 2.24) is 5.32 Å². The summed E-state index contributed by atoms with van der Waals surface area (Å²) >= 11 is 2.05. The minimum absolute atomic E-state index is 0.381. The number of thioether (sulfide) groups is 1. The summed E-state index contributed by atoms with van der Waals surface area (Å²) in [5.74, 6) is 1.22. The molecule has 0 fully saturated rings. The van der Waals surface area contributed by atoms with Crippen LogP contribution in [0.5, 0.6) is 0 Å². The maximum absolute atomic E-state index is 3.76. The molecule has 0 saturated heterocycles. The Morgan fingerprint density at radius 3 is 2.53 bits per heavy atom. The van der Waals surface area contributed by atoms with Crippen LogP contribution in [-0.2, 0) is 0 Å². The maximum atomic E-state index is 3.76. The third kappa shape index (κ3) is 10.3. The number of hydrogen-bond acceptors (Lipinski definition) is 2. The Bertz CT molecular complexity index is 160. The molecule has 15 heavy (non-hydrogen) atoms. The van der Waals surface area contributed by atoms with Gasteiger partial charge < -0.3 is 5.32 Å². The van der Waals surface area contributed by atoms with Crippen molar-refractivity contribution in [3.05, 3.63) is 12.7 Å². The maximum Gasteiger partial charge on any atom is 0.0158 e. The molecule has 0 aromatic carbocycles. The molecule has 0 aliphatic carbocycles. The van der Waals surface area contributed by atoms with Crippen LogP contribution in [0.25, 0.3) is 0 Å². The fraction of sp³-hybridized carbons (Fsp3) is 0.846. The van der Waals surface area contributed by atoms with Crippen molar-refractivity contribution >= 4 is 11.8 Å². The highest BCUT2D eigenvalue weighted by Crippen LogP contribution is 2.24. The van der Waals surface area contributed by atoms with Crippen LogP contribution in [0.4, 0.5) is 0 Å². The van der Waals surface area contributed by atoms with Gasteiger partial charge >= 0.3 is 0 Å². The zero-order valence-electron chi connectivity index (χ0n) is 10.8. The van der Waals surface area contributed by atoms with Crippen LogP contribution in [-0.4, -0.2) is 23.1 Å². The van der Waals surface area contributed by atoms with Gasteiger partial charge in [0.1, 0.15) is 0 Å².